The lowest BCUT2D eigenvalue weighted by Crippen LogP contribution is -2.02. The highest BCUT2D eigenvalue weighted by atomic mass is 32.1. The first-order chi connectivity index (χ1) is 7.93. The molecule has 0 aliphatic heterocycles. The first kappa shape index (κ1) is 9.29. The Morgan fingerprint density at radius 2 is 2.44 bits per heavy atom. The van der Waals surface area contributed by atoms with Crippen LogP contribution in [0.4, 0.5) is 5.82 Å². The minimum absolute atomic E-state index is 0.749. The van der Waals surface area contributed by atoms with Crippen molar-refractivity contribution in [3.05, 3.63) is 41.1 Å². The lowest BCUT2D eigenvalue weighted by atomic mass is 10.4. The molecule has 0 atom stereocenters. The van der Waals surface area contributed by atoms with Gasteiger partial charge in [0.05, 0.1) is 6.54 Å². The Hall–Kier alpha value is -1.95. The van der Waals surface area contributed by atoms with Crippen LogP contribution >= 0.6 is 11.3 Å². The molecule has 0 fully saturated rings. The van der Waals surface area contributed by atoms with Crippen LogP contribution in [0.3, 0.4) is 0 Å². The van der Waals surface area contributed by atoms with Gasteiger partial charge in [-0.15, -0.1) is 21.5 Å². The Bertz CT molecular complexity index is 586. The Morgan fingerprint density at radius 3 is 3.31 bits per heavy atom. The fraction of sp³-hybridized carbons (Fsp3) is 0.100. The molecule has 1 N–H and O–H groups in total. The number of fused-ring (bicyclic) bond motifs is 1. The Labute approximate surface area is 95.8 Å². The molecule has 0 unspecified atom stereocenters. The zero-order valence-corrected chi connectivity index (χ0v) is 9.18. The van der Waals surface area contributed by atoms with Crippen molar-refractivity contribution in [3.63, 3.8) is 0 Å². The van der Waals surface area contributed by atoms with Gasteiger partial charge >= 0.3 is 0 Å². The third-order valence-electron chi connectivity index (χ3n) is 2.23. The Morgan fingerprint density at radius 1 is 1.44 bits per heavy atom. The molecule has 80 valence electrons. The van der Waals surface area contributed by atoms with E-state index in [9.17, 15) is 0 Å². The van der Waals surface area contributed by atoms with E-state index in [0.717, 1.165) is 18.0 Å². The minimum atomic E-state index is 0.749. The number of hydrogen-bond donors (Lipinski definition) is 1. The summed E-state index contributed by atoms with van der Waals surface area (Å²) in [5, 5.41) is 13.2. The third kappa shape index (κ3) is 1.63. The van der Waals surface area contributed by atoms with Crippen molar-refractivity contribution >= 4 is 22.8 Å². The van der Waals surface area contributed by atoms with Crippen molar-refractivity contribution in [1.82, 2.24) is 19.6 Å². The molecule has 3 heterocycles. The highest BCUT2D eigenvalue weighted by Gasteiger charge is 2.03. The van der Waals surface area contributed by atoms with E-state index in [2.05, 4.69) is 31.9 Å². The van der Waals surface area contributed by atoms with Crippen molar-refractivity contribution < 1.29 is 0 Å². The van der Waals surface area contributed by atoms with Gasteiger partial charge in [0.2, 0.25) is 5.65 Å². The molecule has 0 spiro atoms. The molecule has 0 aromatic carbocycles. The molecule has 16 heavy (non-hydrogen) atoms. The van der Waals surface area contributed by atoms with Gasteiger partial charge in [-0.1, -0.05) is 6.07 Å². The normalized spacial score (nSPS) is 10.8. The summed E-state index contributed by atoms with van der Waals surface area (Å²) in [4.78, 5) is 5.52. The van der Waals surface area contributed by atoms with E-state index in [0.29, 0.717) is 0 Å². The maximum Gasteiger partial charge on any atom is 0.203 e. The van der Waals surface area contributed by atoms with Gasteiger partial charge in [-0.25, -0.2) is 4.98 Å². The number of rotatable bonds is 3. The number of nitrogens with one attached hydrogen (secondary N) is 1. The molecule has 0 amide bonds. The van der Waals surface area contributed by atoms with Crippen LogP contribution in [0, 0.1) is 0 Å². The summed E-state index contributed by atoms with van der Waals surface area (Å²) in [5.41, 5.74) is 0.749. The van der Waals surface area contributed by atoms with Crippen LogP contribution in [0.1, 0.15) is 4.88 Å². The fourth-order valence-electron chi connectivity index (χ4n) is 1.47. The summed E-state index contributed by atoms with van der Waals surface area (Å²) in [6.45, 7) is 0.761. The van der Waals surface area contributed by atoms with Crippen LogP contribution in [0.2, 0.25) is 0 Å². The maximum absolute atomic E-state index is 4.25. The van der Waals surface area contributed by atoms with Crippen LogP contribution < -0.4 is 5.32 Å². The highest BCUT2D eigenvalue weighted by molar-refractivity contribution is 7.09. The summed E-state index contributed by atoms with van der Waals surface area (Å²) >= 11 is 1.72. The SMILES string of the molecule is c1csc(CNc2nccn3cnnc23)c1. The number of thiophene rings is 1. The predicted molar refractivity (Wildman–Crippen MR) is 62.4 cm³/mol. The molecule has 0 radical (unpaired) electrons. The molecule has 3 aromatic rings. The average molecular weight is 231 g/mol. The van der Waals surface area contributed by atoms with Crippen molar-refractivity contribution in [3.8, 4) is 0 Å². The minimum Gasteiger partial charge on any atom is -0.362 e. The molecular weight excluding hydrogens is 222 g/mol. The summed E-state index contributed by atoms with van der Waals surface area (Å²) < 4.78 is 1.84. The van der Waals surface area contributed by atoms with E-state index in [1.165, 1.54) is 4.88 Å². The molecule has 5 nitrogen and oxygen atoms in total. The molecule has 0 saturated carbocycles. The van der Waals surface area contributed by atoms with Gasteiger partial charge in [0.15, 0.2) is 5.82 Å². The van der Waals surface area contributed by atoms with E-state index in [1.807, 2.05) is 16.7 Å². The number of aromatic nitrogens is 4. The van der Waals surface area contributed by atoms with Crippen molar-refractivity contribution in [2.75, 3.05) is 5.32 Å². The second kappa shape index (κ2) is 3.90. The molecule has 0 aliphatic carbocycles. The largest absolute Gasteiger partial charge is 0.362 e. The van der Waals surface area contributed by atoms with Crippen molar-refractivity contribution in [2.45, 2.75) is 6.54 Å². The summed E-state index contributed by atoms with van der Waals surface area (Å²) in [7, 11) is 0. The van der Waals surface area contributed by atoms with E-state index < -0.39 is 0 Å². The van der Waals surface area contributed by atoms with Crippen LogP contribution in [-0.2, 0) is 6.54 Å². The lowest BCUT2D eigenvalue weighted by Gasteiger charge is -2.03. The topological polar surface area (TPSA) is 55.1 Å². The molecule has 0 bridgehead atoms. The zero-order chi connectivity index (χ0) is 10.8. The van der Waals surface area contributed by atoms with Gasteiger partial charge in [-0.3, -0.25) is 4.40 Å². The highest BCUT2D eigenvalue weighted by Crippen LogP contribution is 2.14. The van der Waals surface area contributed by atoms with E-state index in [1.54, 1.807) is 23.9 Å². The summed E-state index contributed by atoms with van der Waals surface area (Å²) in [5.74, 6) is 0.758. The molecule has 6 heteroatoms. The van der Waals surface area contributed by atoms with Gasteiger partial charge in [0, 0.05) is 17.3 Å². The van der Waals surface area contributed by atoms with Crippen molar-refractivity contribution in [1.29, 1.82) is 0 Å². The summed E-state index contributed by atoms with van der Waals surface area (Å²) in [6.07, 6.45) is 5.21. The van der Waals surface area contributed by atoms with Crippen LogP contribution in [0.25, 0.3) is 5.65 Å². The van der Waals surface area contributed by atoms with E-state index in [-0.39, 0.29) is 0 Å². The van der Waals surface area contributed by atoms with Gasteiger partial charge in [-0.05, 0) is 11.4 Å². The fourth-order valence-corrected chi connectivity index (χ4v) is 2.11. The second-order valence-electron chi connectivity index (χ2n) is 3.27. The molecule has 3 rings (SSSR count). The lowest BCUT2D eigenvalue weighted by molar-refractivity contribution is 1.08. The Balaban J connectivity index is 1.86. The molecule has 3 aromatic heterocycles. The second-order valence-corrected chi connectivity index (χ2v) is 4.30. The van der Waals surface area contributed by atoms with Gasteiger partial charge in [0.25, 0.3) is 0 Å². The van der Waals surface area contributed by atoms with Gasteiger partial charge in [-0.2, -0.15) is 0 Å². The summed E-state index contributed by atoms with van der Waals surface area (Å²) in [6, 6.07) is 4.12. The van der Waals surface area contributed by atoms with Crippen molar-refractivity contribution in [2.24, 2.45) is 0 Å². The maximum atomic E-state index is 4.25. The van der Waals surface area contributed by atoms with Crippen LogP contribution in [0.5, 0.6) is 0 Å². The number of hydrogen-bond acceptors (Lipinski definition) is 5. The first-order valence-corrected chi connectivity index (χ1v) is 5.72. The third-order valence-corrected chi connectivity index (χ3v) is 3.10. The zero-order valence-electron chi connectivity index (χ0n) is 8.37. The van der Waals surface area contributed by atoms with Gasteiger partial charge in [0.1, 0.15) is 6.33 Å². The van der Waals surface area contributed by atoms with E-state index in [4.69, 9.17) is 0 Å². The molecular formula is C10H9N5S. The average Bonchev–Trinajstić information content (AvgIpc) is 2.97. The monoisotopic (exact) mass is 231 g/mol. The number of nitrogens with zero attached hydrogens (tertiary/aromatic N) is 4. The van der Waals surface area contributed by atoms with E-state index >= 15 is 0 Å². The first-order valence-electron chi connectivity index (χ1n) is 4.84. The smallest absolute Gasteiger partial charge is 0.203 e. The molecule has 0 aliphatic rings. The van der Waals surface area contributed by atoms with Gasteiger partial charge < -0.3 is 5.32 Å². The Kier molecular flexibility index (Phi) is 2.26. The standard InChI is InChI=1S/C10H9N5S/c1-2-8(16-5-1)6-12-9-10-14-13-7-15(10)4-3-11-9/h1-5,7H,6H2,(H,11,12). The van der Waals surface area contributed by atoms with Crippen LogP contribution in [-0.4, -0.2) is 19.6 Å². The van der Waals surface area contributed by atoms with Crippen LogP contribution in [0.15, 0.2) is 36.2 Å². The molecule has 0 saturated heterocycles. The predicted octanol–water partition coefficient (Wildman–Crippen LogP) is 1.80. The number of anilines is 1. The quantitative estimate of drug-likeness (QED) is 0.746.